The van der Waals surface area contributed by atoms with Crippen molar-refractivity contribution in [2.75, 3.05) is 11.4 Å². The summed E-state index contributed by atoms with van der Waals surface area (Å²) < 4.78 is 0. The van der Waals surface area contributed by atoms with E-state index in [1.54, 1.807) is 0 Å². The molecule has 0 radical (unpaired) electrons. The van der Waals surface area contributed by atoms with Gasteiger partial charge in [0.05, 0.1) is 11.5 Å². The van der Waals surface area contributed by atoms with E-state index in [-0.39, 0.29) is 29.9 Å². The van der Waals surface area contributed by atoms with Crippen LogP contribution in [0.15, 0.2) is 60.7 Å². The topological polar surface area (TPSA) is 61.2 Å². The molecule has 1 saturated carbocycles. The molecule has 1 unspecified atom stereocenters. The van der Waals surface area contributed by atoms with E-state index in [1.807, 2.05) is 72.5 Å². The number of nitrogens with zero attached hydrogens (tertiary/aromatic N) is 2. The summed E-state index contributed by atoms with van der Waals surface area (Å²) in [5.74, 6) is -1.13. The summed E-state index contributed by atoms with van der Waals surface area (Å²) in [6.07, 6.45) is 1.02. The average Bonchev–Trinajstić information content (AvgIpc) is 2.72. The summed E-state index contributed by atoms with van der Waals surface area (Å²) in [5, 5.41) is 9.60. The fourth-order valence-corrected chi connectivity index (χ4v) is 5.02. The maximum atomic E-state index is 13.9. The van der Waals surface area contributed by atoms with E-state index in [0.717, 1.165) is 17.7 Å². The Labute approximate surface area is 159 Å². The molecule has 2 fully saturated rings. The Balaban J connectivity index is 1.88. The highest BCUT2D eigenvalue weighted by atomic mass is 16.2. The molecule has 4 nitrogen and oxygen atoms in total. The molecule has 27 heavy (non-hydrogen) atoms. The number of hydrogen-bond donors (Lipinski definition) is 0. The van der Waals surface area contributed by atoms with Crippen molar-refractivity contribution in [1.29, 1.82) is 5.26 Å². The summed E-state index contributed by atoms with van der Waals surface area (Å²) in [7, 11) is 0. The number of hydrogen-bond acceptors (Lipinski definition) is 3. The lowest BCUT2D eigenvalue weighted by molar-refractivity contribution is -0.141. The summed E-state index contributed by atoms with van der Waals surface area (Å²) >= 11 is 0. The number of piperidine rings is 1. The summed E-state index contributed by atoms with van der Waals surface area (Å²) in [5.41, 5.74) is 0.956. The lowest BCUT2D eigenvalue weighted by Crippen LogP contribution is -2.62. The zero-order valence-corrected chi connectivity index (χ0v) is 15.3. The van der Waals surface area contributed by atoms with Crippen LogP contribution in [0.2, 0.25) is 0 Å². The van der Waals surface area contributed by atoms with Crippen LogP contribution in [-0.2, 0) is 15.0 Å². The standard InChI is InChI=1S/C23H22N2O2/c1-16-20-12-13-25(19-10-6-3-7-11-19)22(27)23(20,14-17(15-24)21(16)26)18-8-4-2-5-9-18/h2-11,16-17,20H,12-14H2,1H3/t16-,17?,20-,23+/m0/s1. The van der Waals surface area contributed by atoms with Crippen LogP contribution in [0.4, 0.5) is 5.69 Å². The molecule has 1 saturated heterocycles. The molecule has 1 amide bonds. The van der Waals surface area contributed by atoms with E-state index in [2.05, 4.69) is 6.07 Å². The van der Waals surface area contributed by atoms with E-state index in [4.69, 9.17) is 0 Å². The first-order valence-electron chi connectivity index (χ1n) is 9.45. The Bertz CT molecular complexity index is 903. The maximum absolute atomic E-state index is 13.9. The summed E-state index contributed by atoms with van der Waals surface area (Å²) in [4.78, 5) is 28.4. The van der Waals surface area contributed by atoms with Gasteiger partial charge in [0.2, 0.25) is 5.91 Å². The van der Waals surface area contributed by atoms with Crippen molar-refractivity contribution in [3.8, 4) is 6.07 Å². The Kier molecular flexibility index (Phi) is 4.31. The molecular formula is C23H22N2O2. The quantitative estimate of drug-likeness (QED) is 0.822. The second kappa shape index (κ2) is 6.66. The minimum atomic E-state index is -0.830. The molecule has 0 spiro atoms. The fraction of sp³-hybridized carbons (Fsp3) is 0.348. The third-order valence-corrected chi connectivity index (χ3v) is 6.36. The zero-order chi connectivity index (χ0) is 19.0. The van der Waals surface area contributed by atoms with Crippen LogP contribution in [0.1, 0.15) is 25.3 Å². The largest absolute Gasteiger partial charge is 0.312 e. The van der Waals surface area contributed by atoms with Crippen LogP contribution in [0.3, 0.4) is 0 Å². The molecule has 1 aliphatic carbocycles. The van der Waals surface area contributed by atoms with Crippen molar-refractivity contribution in [2.24, 2.45) is 17.8 Å². The van der Waals surface area contributed by atoms with Crippen molar-refractivity contribution in [1.82, 2.24) is 0 Å². The zero-order valence-electron chi connectivity index (χ0n) is 15.3. The number of Topliss-reactive ketones (excluding diaryl/α,β-unsaturated/α-hetero) is 1. The van der Waals surface area contributed by atoms with Gasteiger partial charge in [-0.2, -0.15) is 5.26 Å². The monoisotopic (exact) mass is 358 g/mol. The van der Waals surface area contributed by atoms with Gasteiger partial charge in [-0.3, -0.25) is 9.59 Å². The van der Waals surface area contributed by atoms with E-state index in [0.29, 0.717) is 6.54 Å². The number of carbonyl (C=O) groups is 2. The number of rotatable bonds is 2. The number of para-hydroxylation sites is 1. The molecule has 1 aliphatic heterocycles. The molecule has 4 heteroatoms. The molecule has 4 rings (SSSR count). The van der Waals surface area contributed by atoms with Gasteiger partial charge in [0.25, 0.3) is 0 Å². The van der Waals surface area contributed by atoms with Crippen LogP contribution in [0, 0.1) is 29.1 Å². The van der Waals surface area contributed by atoms with E-state index < -0.39 is 11.3 Å². The number of carbonyl (C=O) groups excluding carboxylic acids is 2. The van der Waals surface area contributed by atoms with Gasteiger partial charge in [0.15, 0.2) is 5.78 Å². The van der Waals surface area contributed by atoms with E-state index >= 15 is 0 Å². The van der Waals surface area contributed by atoms with Gasteiger partial charge in [-0.15, -0.1) is 0 Å². The Morgan fingerprint density at radius 2 is 1.67 bits per heavy atom. The predicted octanol–water partition coefficient (Wildman–Crippen LogP) is 3.73. The summed E-state index contributed by atoms with van der Waals surface area (Å²) in [6, 6.07) is 21.6. The van der Waals surface area contributed by atoms with Gasteiger partial charge < -0.3 is 4.90 Å². The van der Waals surface area contributed by atoms with Crippen LogP contribution in [0.25, 0.3) is 0 Å². The minimum absolute atomic E-state index is 0.00995. The van der Waals surface area contributed by atoms with Crippen molar-refractivity contribution in [2.45, 2.75) is 25.2 Å². The number of benzene rings is 2. The second-order valence-corrected chi connectivity index (χ2v) is 7.60. The van der Waals surface area contributed by atoms with Gasteiger partial charge >= 0.3 is 0 Å². The third kappa shape index (κ3) is 2.57. The number of fused-ring (bicyclic) bond motifs is 1. The molecule has 4 atom stereocenters. The first-order chi connectivity index (χ1) is 13.1. The number of ketones is 1. The fourth-order valence-electron chi connectivity index (χ4n) is 5.02. The van der Waals surface area contributed by atoms with E-state index in [1.165, 1.54) is 0 Å². The average molecular weight is 358 g/mol. The molecule has 0 bridgehead atoms. The Hall–Kier alpha value is -2.93. The molecule has 0 N–H and O–H groups in total. The molecule has 1 heterocycles. The summed E-state index contributed by atoms with van der Waals surface area (Å²) in [6.45, 7) is 2.48. The highest BCUT2D eigenvalue weighted by Crippen LogP contribution is 2.52. The first kappa shape index (κ1) is 17.5. The first-order valence-corrected chi connectivity index (χ1v) is 9.45. The number of amides is 1. The van der Waals surface area contributed by atoms with Crippen molar-refractivity contribution in [3.05, 3.63) is 66.2 Å². The van der Waals surface area contributed by atoms with Gasteiger partial charge in [-0.25, -0.2) is 0 Å². The number of anilines is 1. The smallest absolute Gasteiger partial charge is 0.238 e. The lowest BCUT2D eigenvalue weighted by Gasteiger charge is -2.52. The molecule has 136 valence electrons. The van der Waals surface area contributed by atoms with Gasteiger partial charge in [0, 0.05) is 18.2 Å². The highest BCUT2D eigenvalue weighted by molar-refractivity contribution is 6.04. The van der Waals surface area contributed by atoms with Crippen LogP contribution >= 0.6 is 0 Å². The lowest BCUT2D eigenvalue weighted by atomic mass is 9.53. The molecule has 0 aromatic heterocycles. The second-order valence-electron chi connectivity index (χ2n) is 7.60. The maximum Gasteiger partial charge on any atom is 0.238 e. The highest BCUT2D eigenvalue weighted by Gasteiger charge is 2.59. The van der Waals surface area contributed by atoms with Crippen molar-refractivity contribution < 1.29 is 9.59 Å². The van der Waals surface area contributed by atoms with Gasteiger partial charge in [-0.05, 0) is 36.5 Å². The Morgan fingerprint density at radius 1 is 1.04 bits per heavy atom. The third-order valence-electron chi connectivity index (χ3n) is 6.36. The van der Waals surface area contributed by atoms with E-state index in [9.17, 15) is 14.9 Å². The van der Waals surface area contributed by atoms with Gasteiger partial charge in [-0.1, -0.05) is 55.5 Å². The molecule has 2 aliphatic rings. The molecular weight excluding hydrogens is 336 g/mol. The van der Waals surface area contributed by atoms with Crippen LogP contribution in [-0.4, -0.2) is 18.2 Å². The van der Waals surface area contributed by atoms with Crippen molar-refractivity contribution in [3.63, 3.8) is 0 Å². The van der Waals surface area contributed by atoms with Gasteiger partial charge in [0.1, 0.15) is 5.92 Å². The molecule has 2 aromatic rings. The molecule has 2 aromatic carbocycles. The predicted molar refractivity (Wildman–Crippen MR) is 103 cm³/mol. The van der Waals surface area contributed by atoms with Crippen molar-refractivity contribution >= 4 is 17.4 Å². The number of nitriles is 1. The van der Waals surface area contributed by atoms with Crippen LogP contribution in [0.5, 0.6) is 0 Å². The van der Waals surface area contributed by atoms with Crippen LogP contribution < -0.4 is 4.90 Å². The SMILES string of the molecule is C[C@@H]1C(=O)C(C#N)C[C@]2(c3ccccc3)C(=O)N(c3ccccc3)CC[C@@H]12. The minimum Gasteiger partial charge on any atom is -0.312 e. The Morgan fingerprint density at radius 3 is 2.30 bits per heavy atom. The normalized spacial score (nSPS) is 30.5.